The molecule has 0 aliphatic heterocycles. The van der Waals surface area contributed by atoms with Gasteiger partial charge in [-0.3, -0.25) is 0 Å². The molecule has 0 saturated carbocycles. The normalized spacial score (nSPS) is 11.4. The molecule has 22 heavy (non-hydrogen) atoms. The first kappa shape index (κ1) is 14.2. The van der Waals surface area contributed by atoms with Crippen LogP contribution in [0.25, 0.3) is 11.0 Å². The molecular weight excluding hydrogens is 278 g/mol. The summed E-state index contributed by atoms with van der Waals surface area (Å²) in [6, 6.07) is 11.7. The maximum atomic E-state index is 5.73. The van der Waals surface area contributed by atoms with Crippen molar-refractivity contribution in [3.8, 4) is 0 Å². The molecule has 0 spiro atoms. The lowest BCUT2D eigenvalue weighted by Gasteiger charge is -2.16. The van der Waals surface area contributed by atoms with Gasteiger partial charge in [-0.15, -0.1) is 0 Å². The number of hydrogen-bond acceptors (Lipinski definition) is 5. The first-order valence-corrected chi connectivity index (χ1v) is 7.38. The van der Waals surface area contributed by atoms with Crippen LogP contribution < -0.4 is 10.3 Å². The molecule has 3 aromatic rings. The number of fused-ring (bicyclic) bond motifs is 1. The zero-order valence-corrected chi connectivity index (χ0v) is 12.7. The smallest absolute Gasteiger partial charge is 0.222 e. The number of para-hydroxylation sites is 2. The van der Waals surface area contributed by atoms with Crippen LogP contribution in [0.4, 0.5) is 11.8 Å². The number of aromatic nitrogens is 2. The van der Waals surface area contributed by atoms with Crippen molar-refractivity contribution >= 4 is 29.1 Å². The minimum atomic E-state index is 0.605. The van der Waals surface area contributed by atoms with Gasteiger partial charge in [0.05, 0.1) is 17.2 Å². The summed E-state index contributed by atoms with van der Waals surface area (Å²) in [5, 5.41) is 4.15. The first-order chi connectivity index (χ1) is 10.8. The highest BCUT2D eigenvalue weighted by molar-refractivity contribution is 5.79. The van der Waals surface area contributed by atoms with Crippen LogP contribution in [0.3, 0.4) is 0 Å². The van der Waals surface area contributed by atoms with Crippen LogP contribution in [0.1, 0.15) is 19.6 Å². The van der Waals surface area contributed by atoms with E-state index in [2.05, 4.69) is 39.2 Å². The summed E-state index contributed by atoms with van der Waals surface area (Å²) in [7, 11) is 0. The molecule has 0 fully saturated rings. The number of nitrogens with zero attached hydrogens (tertiary/aromatic N) is 3. The molecule has 0 saturated heterocycles. The Bertz CT molecular complexity index is 737. The molecular formula is C16H19N5O. The molecule has 0 atom stereocenters. The van der Waals surface area contributed by atoms with Crippen LogP contribution in [0.15, 0.2) is 45.9 Å². The molecule has 1 aromatic carbocycles. The molecule has 0 bridgehead atoms. The standard InChI is InChI=1S/C16H19N5O/c1-3-21(4-2)15-10-9-12(22-15)11-17-20-16-18-13-7-5-6-8-14(13)19-16/h5-11H,3-4H2,1-2H3,(H2,18,19,20)/b17-11-. The van der Waals surface area contributed by atoms with E-state index in [0.29, 0.717) is 11.7 Å². The van der Waals surface area contributed by atoms with Crippen molar-refractivity contribution in [3.63, 3.8) is 0 Å². The zero-order chi connectivity index (χ0) is 15.4. The van der Waals surface area contributed by atoms with Gasteiger partial charge in [0.2, 0.25) is 5.95 Å². The van der Waals surface area contributed by atoms with Gasteiger partial charge in [0.25, 0.3) is 0 Å². The largest absolute Gasteiger partial charge is 0.440 e. The van der Waals surface area contributed by atoms with Gasteiger partial charge in [0.15, 0.2) is 5.88 Å². The predicted molar refractivity (Wildman–Crippen MR) is 89.6 cm³/mol. The molecule has 2 aromatic heterocycles. The number of hydrazone groups is 1. The summed E-state index contributed by atoms with van der Waals surface area (Å²) >= 11 is 0. The highest BCUT2D eigenvalue weighted by Gasteiger charge is 2.06. The Morgan fingerprint density at radius 3 is 2.82 bits per heavy atom. The Balaban J connectivity index is 1.66. The number of nitrogens with one attached hydrogen (secondary N) is 2. The highest BCUT2D eigenvalue weighted by Crippen LogP contribution is 2.17. The second kappa shape index (κ2) is 6.34. The Kier molecular flexibility index (Phi) is 4.09. The molecule has 0 radical (unpaired) electrons. The van der Waals surface area contributed by atoms with Crippen molar-refractivity contribution in [2.45, 2.75) is 13.8 Å². The lowest BCUT2D eigenvalue weighted by Crippen LogP contribution is -2.20. The maximum Gasteiger partial charge on any atom is 0.222 e. The topological polar surface area (TPSA) is 69.4 Å². The average Bonchev–Trinajstić information content (AvgIpc) is 3.15. The number of aromatic amines is 1. The quantitative estimate of drug-likeness (QED) is 0.540. The van der Waals surface area contributed by atoms with Crippen molar-refractivity contribution < 1.29 is 4.42 Å². The third-order valence-corrected chi connectivity index (χ3v) is 3.44. The number of H-pyrrole nitrogens is 1. The van der Waals surface area contributed by atoms with Crippen molar-refractivity contribution in [3.05, 3.63) is 42.2 Å². The van der Waals surface area contributed by atoms with Gasteiger partial charge in [0.1, 0.15) is 5.76 Å². The Labute approximate surface area is 128 Å². The van der Waals surface area contributed by atoms with E-state index in [0.717, 1.165) is 30.0 Å². The lowest BCUT2D eigenvalue weighted by molar-refractivity contribution is 0.544. The SMILES string of the molecule is CCN(CC)c1ccc(/C=N\Nc2nc3ccccc3[nH]2)o1. The second-order valence-corrected chi connectivity index (χ2v) is 4.82. The summed E-state index contributed by atoms with van der Waals surface area (Å²) < 4.78 is 5.73. The molecule has 6 nitrogen and oxygen atoms in total. The van der Waals surface area contributed by atoms with Gasteiger partial charge in [0, 0.05) is 19.2 Å². The Morgan fingerprint density at radius 2 is 2.05 bits per heavy atom. The Hall–Kier alpha value is -2.76. The van der Waals surface area contributed by atoms with Crippen LogP contribution in [0, 0.1) is 0 Å². The van der Waals surface area contributed by atoms with Crippen LogP contribution in [-0.2, 0) is 0 Å². The van der Waals surface area contributed by atoms with Crippen LogP contribution in [-0.4, -0.2) is 29.3 Å². The monoisotopic (exact) mass is 297 g/mol. The van der Waals surface area contributed by atoms with Gasteiger partial charge in [-0.05, 0) is 32.0 Å². The molecule has 0 amide bonds. The number of anilines is 2. The fraction of sp³-hybridized carbons (Fsp3) is 0.250. The minimum Gasteiger partial charge on any atom is -0.440 e. The minimum absolute atomic E-state index is 0.605. The first-order valence-electron chi connectivity index (χ1n) is 7.38. The number of hydrogen-bond donors (Lipinski definition) is 2. The van der Waals surface area contributed by atoms with Crippen molar-refractivity contribution in [2.75, 3.05) is 23.4 Å². The van der Waals surface area contributed by atoms with E-state index < -0.39 is 0 Å². The maximum absolute atomic E-state index is 5.73. The molecule has 2 N–H and O–H groups in total. The van der Waals surface area contributed by atoms with E-state index in [-0.39, 0.29) is 0 Å². The molecule has 0 aliphatic carbocycles. The predicted octanol–water partition coefficient (Wildman–Crippen LogP) is 3.45. The van der Waals surface area contributed by atoms with Gasteiger partial charge in [-0.2, -0.15) is 5.10 Å². The molecule has 0 aliphatic rings. The fourth-order valence-corrected chi connectivity index (χ4v) is 2.28. The van der Waals surface area contributed by atoms with Gasteiger partial charge >= 0.3 is 0 Å². The van der Waals surface area contributed by atoms with Crippen molar-refractivity contribution in [2.24, 2.45) is 5.10 Å². The zero-order valence-electron chi connectivity index (χ0n) is 12.7. The number of benzene rings is 1. The summed E-state index contributed by atoms with van der Waals surface area (Å²) in [6.07, 6.45) is 1.64. The number of imidazole rings is 1. The summed E-state index contributed by atoms with van der Waals surface area (Å²) in [5.41, 5.74) is 4.76. The van der Waals surface area contributed by atoms with Crippen LogP contribution in [0.2, 0.25) is 0 Å². The summed E-state index contributed by atoms with van der Waals surface area (Å²) in [5.74, 6) is 2.16. The third kappa shape index (κ3) is 2.95. The van der Waals surface area contributed by atoms with E-state index >= 15 is 0 Å². The van der Waals surface area contributed by atoms with Gasteiger partial charge in [-0.1, -0.05) is 12.1 Å². The van der Waals surface area contributed by atoms with Crippen LogP contribution >= 0.6 is 0 Å². The summed E-state index contributed by atoms with van der Waals surface area (Å²) in [6.45, 7) is 6.03. The molecule has 114 valence electrons. The Morgan fingerprint density at radius 1 is 1.23 bits per heavy atom. The number of furan rings is 1. The molecule has 0 unspecified atom stereocenters. The molecule has 2 heterocycles. The summed E-state index contributed by atoms with van der Waals surface area (Å²) in [4.78, 5) is 9.68. The van der Waals surface area contributed by atoms with Gasteiger partial charge < -0.3 is 14.3 Å². The van der Waals surface area contributed by atoms with Crippen molar-refractivity contribution in [1.82, 2.24) is 9.97 Å². The third-order valence-electron chi connectivity index (χ3n) is 3.44. The van der Waals surface area contributed by atoms with Gasteiger partial charge in [-0.25, -0.2) is 10.4 Å². The van der Waals surface area contributed by atoms with E-state index in [1.165, 1.54) is 0 Å². The second-order valence-electron chi connectivity index (χ2n) is 4.82. The lowest BCUT2D eigenvalue weighted by atomic mass is 10.3. The average molecular weight is 297 g/mol. The number of rotatable bonds is 6. The van der Waals surface area contributed by atoms with E-state index in [1.54, 1.807) is 6.21 Å². The van der Waals surface area contributed by atoms with E-state index in [9.17, 15) is 0 Å². The molecule has 6 heteroatoms. The van der Waals surface area contributed by atoms with Crippen LogP contribution in [0.5, 0.6) is 0 Å². The van der Waals surface area contributed by atoms with E-state index in [4.69, 9.17) is 4.42 Å². The fourth-order valence-electron chi connectivity index (χ4n) is 2.28. The van der Waals surface area contributed by atoms with E-state index in [1.807, 2.05) is 36.4 Å². The molecule has 3 rings (SSSR count). The highest BCUT2D eigenvalue weighted by atomic mass is 16.4. The van der Waals surface area contributed by atoms with Crippen molar-refractivity contribution in [1.29, 1.82) is 0 Å².